The molecule has 0 spiro atoms. The molecule has 1 heterocycles. The summed E-state index contributed by atoms with van der Waals surface area (Å²) in [4.78, 5) is 27.7. The molecule has 1 aliphatic heterocycles. The van der Waals surface area contributed by atoms with Crippen molar-refractivity contribution in [3.63, 3.8) is 0 Å². The van der Waals surface area contributed by atoms with Gasteiger partial charge in [0.1, 0.15) is 11.4 Å². The van der Waals surface area contributed by atoms with Crippen LogP contribution in [-0.2, 0) is 0 Å². The van der Waals surface area contributed by atoms with Crippen molar-refractivity contribution in [2.24, 2.45) is 0 Å². The summed E-state index contributed by atoms with van der Waals surface area (Å²) in [7, 11) is 2.06. The van der Waals surface area contributed by atoms with E-state index in [9.17, 15) is 19.3 Å². The lowest BCUT2D eigenvalue weighted by atomic mass is 10.0. The average Bonchev–Trinajstić information content (AvgIpc) is 2.70. The number of nitro groups is 1. The fourth-order valence-corrected chi connectivity index (χ4v) is 3.39. The summed E-state index contributed by atoms with van der Waals surface area (Å²) < 4.78 is 13.3. The zero-order valence-corrected chi connectivity index (χ0v) is 15.7. The number of likely N-dealkylation sites (N-methyl/N-ethyl adjacent to an activating group) is 1. The minimum Gasteiger partial charge on any atom is -0.350 e. The van der Waals surface area contributed by atoms with Gasteiger partial charge >= 0.3 is 0 Å². The van der Waals surface area contributed by atoms with Crippen LogP contribution in [0.1, 0.15) is 22.0 Å². The number of nitrogens with one attached hydrogen (secondary N) is 1. The number of nitro benzene ring substituents is 1. The maximum absolute atomic E-state index is 13.3. The molecule has 2 aromatic rings. The highest BCUT2D eigenvalue weighted by Crippen LogP contribution is 2.23. The number of para-hydroxylation sites is 1. The average molecular weight is 386 g/mol. The molecule has 0 radical (unpaired) electrons. The highest BCUT2D eigenvalue weighted by Gasteiger charge is 2.26. The Morgan fingerprint density at radius 1 is 1.14 bits per heavy atom. The summed E-state index contributed by atoms with van der Waals surface area (Å²) in [6.07, 6.45) is 0. The molecule has 0 aromatic heterocycles. The predicted molar refractivity (Wildman–Crippen MR) is 104 cm³/mol. The molecular weight excluding hydrogens is 363 g/mol. The Morgan fingerprint density at radius 2 is 1.79 bits per heavy atom. The molecule has 1 N–H and O–H groups in total. The molecule has 0 saturated carbocycles. The molecule has 1 amide bonds. The third kappa shape index (κ3) is 4.71. The first-order valence-electron chi connectivity index (χ1n) is 9.15. The molecule has 2 aromatic carbocycles. The third-order valence-corrected chi connectivity index (χ3v) is 5.03. The van der Waals surface area contributed by atoms with Crippen LogP contribution in [0.25, 0.3) is 0 Å². The standard InChI is InChI=1S/C20H23FN4O3/c1-23-10-12-24(13-11-23)19(15-6-8-16(21)9-7-15)14-22-20(26)17-4-2-3-5-18(17)25(27)28/h2-9,19H,10-14H2,1H3,(H,22,26). The molecule has 148 valence electrons. The minimum atomic E-state index is -0.563. The SMILES string of the molecule is CN1CCN(C(CNC(=O)c2ccccc2[N+](=O)[O-])c2ccc(F)cc2)CC1. The Hall–Kier alpha value is -2.84. The highest BCUT2D eigenvalue weighted by molar-refractivity contribution is 5.98. The predicted octanol–water partition coefficient (Wildman–Crippen LogP) is 2.45. The molecule has 8 heteroatoms. The van der Waals surface area contributed by atoms with E-state index in [1.807, 2.05) is 0 Å². The number of hydrogen-bond donors (Lipinski definition) is 1. The molecule has 1 unspecified atom stereocenters. The van der Waals surface area contributed by atoms with Gasteiger partial charge in [-0.25, -0.2) is 4.39 Å². The van der Waals surface area contributed by atoms with E-state index in [4.69, 9.17) is 0 Å². The Labute approximate surface area is 162 Å². The van der Waals surface area contributed by atoms with E-state index in [-0.39, 0.29) is 29.7 Å². The summed E-state index contributed by atoms with van der Waals surface area (Å²) in [6.45, 7) is 3.71. The molecule has 7 nitrogen and oxygen atoms in total. The van der Waals surface area contributed by atoms with Gasteiger partial charge in [-0.15, -0.1) is 0 Å². The Kier molecular flexibility index (Phi) is 6.33. The topological polar surface area (TPSA) is 78.7 Å². The van der Waals surface area contributed by atoms with E-state index in [1.165, 1.54) is 30.3 Å². The number of carbonyl (C=O) groups excluding carboxylic acids is 1. The number of carbonyl (C=O) groups is 1. The normalized spacial score (nSPS) is 16.5. The first kappa shape index (κ1) is 19.9. The first-order valence-corrected chi connectivity index (χ1v) is 9.15. The van der Waals surface area contributed by atoms with Crippen molar-refractivity contribution in [3.8, 4) is 0 Å². The quantitative estimate of drug-likeness (QED) is 0.609. The van der Waals surface area contributed by atoms with Crippen LogP contribution in [0.15, 0.2) is 48.5 Å². The molecular formula is C20H23FN4O3. The monoisotopic (exact) mass is 386 g/mol. The van der Waals surface area contributed by atoms with Gasteiger partial charge in [-0.2, -0.15) is 0 Å². The van der Waals surface area contributed by atoms with Crippen LogP contribution in [0.5, 0.6) is 0 Å². The molecule has 3 rings (SSSR count). The van der Waals surface area contributed by atoms with Gasteiger partial charge in [0.05, 0.1) is 11.0 Å². The number of hydrogen-bond acceptors (Lipinski definition) is 5. The maximum atomic E-state index is 13.3. The van der Waals surface area contributed by atoms with Crippen molar-refractivity contribution >= 4 is 11.6 Å². The van der Waals surface area contributed by atoms with Crippen molar-refractivity contribution < 1.29 is 14.1 Å². The molecule has 1 fully saturated rings. The molecule has 1 aliphatic rings. The molecule has 0 aliphatic carbocycles. The zero-order chi connectivity index (χ0) is 20.1. The van der Waals surface area contributed by atoms with Gasteiger partial charge in [0, 0.05) is 38.8 Å². The van der Waals surface area contributed by atoms with Gasteiger partial charge in [0.25, 0.3) is 11.6 Å². The van der Waals surface area contributed by atoms with Gasteiger partial charge in [0.15, 0.2) is 0 Å². The van der Waals surface area contributed by atoms with E-state index in [2.05, 4.69) is 22.2 Å². The van der Waals surface area contributed by atoms with Crippen LogP contribution in [0.3, 0.4) is 0 Å². The Bertz CT molecular complexity index is 836. The third-order valence-electron chi connectivity index (χ3n) is 5.03. The smallest absolute Gasteiger partial charge is 0.282 e. The van der Waals surface area contributed by atoms with Gasteiger partial charge in [-0.1, -0.05) is 24.3 Å². The van der Waals surface area contributed by atoms with Crippen LogP contribution in [0.4, 0.5) is 10.1 Å². The Morgan fingerprint density at radius 3 is 2.43 bits per heavy atom. The van der Waals surface area contributed by atoms with Crippen LogP contribution in [0, 0.1) is 15.9 Å². The van der Waals surface area contributed by atoms with Crippen molar-refractivity contribution in [2.45, 2.75) is 6.04 Å². The summed E-state index contributed by atoms with van der Waals surface area (Å²) >= 11 is 0. The summed E-state index contributed by atoms with van der Waals surface area (Å²) in [5, 5.41) is 14.0. The van der Waals surface area contributed by atoms with Gasteiger partial charge in [0.2, 0.25) is 0 Å². The second kappa shape index (κ2) is 8.90. The lowest BCUT2D eigenvalue weighted by Gasteiger charge is -2.38. The van der Waals surface area contributed by atoms with Crippen molar-refractivity contribution in [1.29, 1.82) is 0 Å². The number of halogens is 1. The number of amides is 1. The first-order chi connectivity index (χ1) is 13.5. The van der Waals surface area contributed by atoms with Crippen LogP contribution >= 0.6 is 0 Å². The summed E-state index contributed by atoms with van der Waals surface area (Å²) in [6, 6.07) is 12.0. The number of benzene rings is 2. The second-order valence-electron chi connectivity index (χ2n) is 6.89. The number of rotatable bonds is 6. The summed E-state index contributed by atoms with van der Waals surface area (Å²) in [5.74, 6) is -0.807. The largest absolute Gasteiger partial charge is 0.350 e. The lowest BCUT2D eigenvalue weighted by Crippen LogP contribution is -2.48. The number of piperazine rings is 1. The fraction of sp³-hybridized carbons (Fsp3) is 0.350. The van der Waals surface area contributed by atoms with Crippen molar-refractivity contribution in [3.05, 3.63) is 75.6 Å². The summed E-state index contributed by atoms with van der Waals surface area (Å²) in [5.41, 5.74) is 0.704. The van der Waals surface area contributed by atoms with Gasteiger partial charge in [-0.05, 0) is 30.8 Å². The van der Waals surface area contributed by atoms with E-state index in [0.717, 1.165) is 31.7 Å². The van der Waals surface area contributed by atoms with Crippen molar-refractivity contribution in [2.75, 3.05) is 39.8 Å². The van der Waals surface area contributed by atoms with E-state index < -0.39 is 10.8 Å². The van der Waals surface area contributed by atoms with E-state index in [0.29, 0.717) is 0 Å². The Balaban J connectivity index is 1.77. The van der Waals surface area contributed by atoms with Crippen LogP contribution in [-0.4, -0.2) is 60.4 Å². The lowest BCUT2D eigenvalue weighted by molar-refractivity contribution is -0.385. The number of nitrogens with zero attached hydrogens (tertiary/aromatic N) is 3. The van der Waals surface area contributed by atoms with Crippen LogP contribution in [0.2, 0.25) is 0 Å². The van der Waals surface area contributed by atoms with E-state index in [1.54, 1.807) is 18.2 Å². The minimum absolute atomic E-state index is 0.0312. The second-order valence-corrected chi connectivity index (χ2v) is 6.89. The molecule has 28 heavy (non-hydrogen) atoms. The maximum Gasteiger partial charge on any atom is 0.282 e. The van der Waals surface area contributed by atoms with E-state index >= 15 is 0 Å². The molecule has 1 saturated heterocycles. The van der Waals surface area contributed by atoms with Gasteiger partial charge < -0.3 is 10.2 Å². The van der Waals surface area contributed by atoms with Crippen LogP contribution < -0.4 is 5.32 Å². The van der Waals surface area contributed by atoms with Crippen molar-refractivity contribution in [1.82, 2.24) is 15.1 Å². The fourth-order valence-electron chi connectivity index (χ4n) is 3.39. The molecule has 1 atom stereocenters. The highest BCUT2D eigenvalue weighted by atomic mass is 19.1. The zero-order valence-electron chi connectivity index (χ0n) is 15.7. The molecule has 0 bridgehead atoms. The van der Waals surface area contributed by atoms with Gasteiger partial charge in [-0.3, -0.25) is 19.8 Å².